The van der Waals surface area contributed by atoms with Gasteiger partial charge >= 0.3 is 0 Å². The quantitative estimate of drug-likeness (QED) is 0.520. The van der Waals surface area contributed by atoms with E-state index in [0.29, 0.717) is 11.1 Å². The summed E-state index contributed by atoms with van der Waals surface area (Å²) in [6.07, 6.45) is 5.00. The lowest BCUT2D eigenvalue weighted by Gasteiger charge is -2.10. The van der Waals surface area contributed by atoms with E-state index in [4.69, 9.17) is 4.79 Å². The maximum Gasteiger partial charge on any atom is 0.195 e. The maximum atomic E-state index is 13.9. The number of hydrogen-bond donors (Lipinski definition) is 1. The van der Waals surface area contributed by atoms with Crippen molar-refractivity contribution in [2.24, 2.45) is 5.92 Å². The first kappa shape index (κ1) is 26.1. The number of allylic oxidation sites excluding steroid dienone is 4. The van der Waals surface area contributed by atoms with Crippen LogP contribution in [0.15, 0.2) is 42.5 Å². The fraction of sp³-hybridized carbons (Fsp3) is 0.381. The van der Waals surface area contributed by atoms with Crippen LogP contribution in [0.3, 0.4) is 0 Å². The zero-order chi connectivity index (χ0) is 20.9. The van der Waals surface area contributed by atoms with E-state index in [9.17, 15) is 18.3 Å². The second-order valence-corrected chi connectivity index (χ2v) is 5.86. The first-order valence-electron chi connectivity index (χ1n) is 8.35. The molecule has 1 aromatic rings. The van der Waals surface area contributed by atoms with Crippen LogP contribution in [-0.4, -0.2) is 18.0 Å². The van der Waals surface area contributed by atoms with Gasteiger partial charge in [-0.15, -0.1) is 0 Å². The number of benzene rings is 1. The first-order chi connectivity index (χ1) is 12.1. The lowest BCUT2D eigenvalue weighted by molar-refractivity contribution is -0.0979. The van der Waals surface area contributed by atoms with Gasteiger partial charge in [-0.3, -0.25) is 0 Å². The molecule has 0 aliphatic carbocycles. The molecule has 2 nitrogen and oxygen atoms in total. The molecule has 0 saturated heterocycles. The van der Waals surface area contributed by atoms with Gasteiger partial charge in [-0.2, -0.15) is 0 Å². The van der Waals surface area contributed by atoms with E-state index in [1.54, 1.807) is 6.08 Å². The van der Waals surface area contributed by atoms with Gasteiger partial charge in [0.2, 0.25) is 0 Å². The van der Waals surface area contributed by atoms with Crippen molar-refractivity contribution in [1.29, 1.82) is 0 Å². The fourth-order valence-corrected chi connectivity index (χ4v) is 1.57. The molecule has 0 fully saturated rings. The topological polar surface area (TPSA) is 37.3 Å². The molecule has 1 rings (SSSR count). The molecule has 0 aromatic heterocycles. The van der Waals surface area contributed by atoms with Gasteiger partial charge in [-0.05, 0) is 30.5 Å². The van der Waals surface area contributed by atoms with Gasteiger partial charge in [-0.25, -0.2) is 13.2 Å². The summed E-state index contributed by atoms with van der Waals surface area (Å²) in [7, 11) is 0. The molecule has 1 aromatic carbocycles. The average molecular weight is 370 g/mol. The van der Waals surface area contributed by atoms with Crippen molar-refractivity contribution in [3.63, 3.8) is 0 Å². The minimum Gasteiger partial charge on any atom is -0.389 e. The van der Waals surface area contributed by atoms with E-state index < -0.39 is 23.6 Å². The zero-order valence-corrected chi connectivity index (χ0v) is 16.2. The molecule has 0 spiro atoms. The van der Waals surface area contributed by atoms with Crippen LogP contribution >= 0.6 is 0 Å². The highest BCUT2D eigenvalue weighted by atomic mass is 19.2. The number of rotatable bonds is 5. The fourth-order valence-electron chi connectivity index (χ4n) is 1.57. The molecule has 1 atom stereocenters. The van der Waals surface area contributed by atoms with Crippen molar-refractivity contribution in [2.45, 2.75) is 47.1 Å². The summed E-state index contributed by atoms with van der Waals surface area (Å²) in [5.74, 6) is -3.89. The summed E-state index contributed by atoms with van der Waals surface area (Å²) in [6, 6.07) is 2.04. The lowest BCUT2D eigenvalue weighted by Crippen LogP contribution is -1.99. The number of aliphatic hydroxyl groups is 1. The molecule has 0 amide bonds. The van der Waals surface area contributed by atoms with E-state index in [0.717, 1.165) is 6.07 Å². The number of carbonyl (C=O) groups is 1. The molecule has 1 N–H and O–H groups in total. The van der Waals surface area contributed by atoms with Crippen molar-refractivity contribution >= 4 is 12.4 Å². The van der Waals surface area contributed by atoms with Gasteiger partial charge in [0.05, 0.1) is 6.10 Å². The Bertz CT molecular complexity index is 618. The molecule has 146 valence electrons. The Morgan fingerprint density at radius 1 is 1.12 bits per heavy atom. The van der Waals surface area contributed by atoms with Gasteiger partial charge in [0.25, 0.3) is 0 Å². The summed E-state index contributed by atoms with van der Waals surface area (Å²) in [6.45, 7) is 15.5. The zero-order valence-electron chi connectivity index (χ0n) is 16.2. The Morgan fingerprint density at radius 2 is 1.62 bits per heavy atom. The molecule has 0 aliphatic rings. The van der Waals surface area contributed by atoms with Crippen LogP contribution in [0.4, 0.5) is 13.2 Å². The highest BCUT2D eigenvalue weighted by Crippen LogP contribution is 2.26. The molecule has 26 heavy (non-hydrogen) atoms. The van der Waals surface area contributed by atoms with Crippen LogP contribution < -0.4 is 0 Å². The van der Waals surface area contributed by atoms with Crippen molar-refractivity contribution in [2.75, 3.05) is 0 Å². The molecule has 0 heterocycles. The molecular formula is C21H29F3O2. The van der Waals surface area contributed by atoms with Gasteiger partial charge in [0, 0.05) is 5.56 Å². The second kappa shape index (κ2) is 14.1. The highest BCUT2D eigenvalue weighted by molar-refractivity contribution is 5.76. The number of halogens is 3. The normalized spacial score (nSPS) is 12.2. The third-order valence-electron chi connectivity index (χ3n) is 2.98. The molecule has 0 bridgehead atoms. The van der Waals surface area contributed by atoms with E-state index in [2.05, 4.69) is 20.4 Å². The van der Waals surface area contributed by atoms with Crippen LogP contribution in [0.2, 0.25) is 0 Å². The molecule has 5 heteroatoms. The summed E-state index contributed by atoms with van der Waals surface area (Å²) in [5, 5.41) is 9.30. The first-order valence-corrected chi connectivity index (χ1v) is 8.35. The summed E-state index contributed by atoms with van der Waals surface area (Å²) in [4.78, 5) is 8.00. The third kappa shape index (κ3) is 9.37. The number of aliphatic hydroxyl groups excluding tert-OH is 1. The van der Waals surface area contributed by atoms with Crippen LogP contribution in [0.25, 0.3) is 5.57 Å². The molecule has 0 radical (unpaired) electrons. The van der Waals surface area contributed by atoms with Crippen molar-refractivity contribution < 1.29 is 23.1 Å². The minimum absolute atomic E-state index is 0.0763. The predicted molar refractivity (Wildman–Crippen MR) is 102 cm³/mol. The average Bonchev–Trinajstić information content (AvgIpc) is 2.59. The molecule has 0 saturated carbocycles. The Hall–Kier alpha value is -2.14. The predicted octanol–water partition coefficient (Wildman–Crippen LogP) is 5.87. The summed E-state index contributed by atoms with van der Waals surface area (Å²) < 4.78 is 40.3. The smallest absolute Gasteiger partial charge is 0.195 e. The number of hydrogen-bond acceptors (Lipinski definition) is 2. The van der Waals surface area contributed by atoms with E-state index in [1.807, 2.05) is 20.6 Å². The SMILES string of the molecule is C=C(/C=C(\C=C/C(C)O)c1ccc(F)c(F)c1F)C(C)C.C=O.CCC. The number of carbonyl (C=O) groups excluding carboxylic acids is 1. The van der Waals surface area contributed by atoms with Crippen LogP contribution in [0.5, 0.6) is 0 Å². The van der Waals surface area contributed by atoms with Crippen molar-refractivity contribution in [3.05, 3.63) is 65.5 Å². The van der Waals surface area contributed by atoms with Crippen LogP contribution in [-0.2, 0) is 4.79 Å². The van der Waals surface area contributed by atoms with Gasteiger partial charge < -0.3 is 9.90 Å². The molecule has 1 unspecified atom stereocenters. The van der Waals surface area contributed by atoms with E-state index in [-0.39, 0.29) is 11.5 Å². The maximum absolute atomic E-state index is 13.9. The van der Waals surface area contributed by atoms with E-state index >= 15 is 0 Å². The standard InChI is InChI=1S/C17H19F3O.C3H8.CH2O/c1-10(2)11(3)9-13(6-5-12(4)21)14-7-8-15(18)17(20)16(14)19;1-3-2;1-2/h5-10,12,21H,3H2,1-2,4H3;3H2,1-2H3;1H2/b6-5-,13-9+;;. The van der Waals surface area contributed by atoms with E-state index in [1.165, 1.54) is 31.6 Å². The lowest BCUT2D eigenvalue weighted by atomic mass is 9.97. The van der Waals surface area contributed by atoms with Gasteiger partial charge in [0.1, 0.15) is 6.79 Å². The van der Waals surface area contributed by atoms with Crippen molar-refractivity contribution in [3.8, 4) is 0 Å². The monoisotopic (exact) mass is 370 g/mol. The molecule has 0 aliphatic heterocycles. The Labute approximate surface area is 154 Å². The summed E-state index contributed by atoms with van der Waals surface area (Å²) in [5.41, 5.74) is 0.961. The van der Waals surface area contributed by atoms with Crippen LogP contribution in [0.1, 0.15) is 46.6 Å². The Kier molecular flexibility index (Phi) is 14.1. The Morgan fingerprint density at radius 3 is 2.04 bits per heavy atom. The largest absolute Gasteiger partial charge is 0.389 e. The van der Waals surface area contributed by atoms with Crippen LogP contribution in [0, 0.1) is 23.4 Å². The second-order valence-electron chi connectivity index (χ2n) is 5.86. The third-order valence-corrected chi connectivity index (χ3v) is 2.98. The molecular weight excluding hydrogens is 341 g/mol. The van der Waals surface area contributed by atoms with Gasteiger partial charge in [-0.1, -0.05) is 64.5 Å². The highest BCUT2D eigenvalue weighted by Gasteiger charge is 2.15. The Balaban J connectivity index is 0. The minimum atomic E-state index is -1.51. The van der Waals surface area contributed by atoms with Crippen molar-refractivity contribution in [1.82, 2.24) is 0 Å². The van der Waals surface area contributed by atoms with Gasteiger partial charge in [0.15, 0.2) is 17.5 Å². The summed E-state index contributed by atoms with van der Waals surface area (Å²) >= 11 is 0.